The van der Waals surface area contributed by atoms with Gasteiger partial charge in [0.1, 0.15) is 11.6 Å². The summed E-state index contributed by atoms with van der Waals surface area (Å²) in [5, 5.41) is 3.10. The molecule has 19 heavy (non-hydrogen) atoms. The average Bonchev–Trinajstić information content (AvgIpc) is 2.39. The predicted molar refractivity (Wildman–Crippen MR) is 74.6 cm³/mol. The number of hydrogen-bond acceptors (Lipinski definition) is 2. The van der Waals surface area contributed by atoms with Gasteiger partial charge in [-0.25, -0.2) is 8.78 Å². The lowest BCUT2D eigenvalue weighted by molar-refractivity contribution is 0.623. The number of para-hydroxylation sites is 1. The number of benzene rings is 2. The molecule has 4 heteroatoms. The van der Waals surface area contributed by atoms with Crippen molar-refractivity contribution >= 4 is 11.4 Å². The zero-order valence-corrected chi connectivity index (χ0v) is 10.7. The highest BCUT2D eigenvalue weighted by atomic mass is 19.1. The van der Waals surface area contributed by atoms with Gasteiger partial charge >= 0.3 is 0 Å². The minimum atomic E-state index is -0.271. The molecular formula is C15H16F2N2. The Hall–Kier alpha value is -2.10. The number of rotatable bonds is 5. The first kappa shape index (κ1) is 13.3. The van der Waals surface area contributed by atoms with Crippen LogP contribution in [0.4, 0.5) is 20.2 Å². The van der Waals surface area contributed by atoms with Crippen LogP contribution < -0.4 is 10.2 Å². The summed E-state index contributed by atoms with van der Waals surface area (Å²) in [6.45, 7) is 1.23. The summed E-state index contributed by atoms with van der Waals surface area (Å²) in [5.41, 5.74) is 1.28. The van der Waals surface area contributed by atoms with Crippen molar-refractivity contribution in [1.29, 1.82) is 0 Å². The highest BCUT2D eigenvalue weighted by Gasteiger charge is 2.05. The molecular weight excluding hydrogens is 246 g/mol. The monoisotopic (exact) mass is 262 g/mol. The largest absolute Gasteiger partial charge is 0.383 e. The molecule has 2 rings (SSSR count). The lowest BCUT2D eigenvalue weighted by atomic mass is 10.3. The number of anilines is 2. The van der Waals surface area contributed by atoms with Crippen LogP contribution in [0.5, 0.6) is 0 Å². The Morgan fingerprint density at radius 1 is 1.05 bits per heavy atom. The van der Waals surface area contributed by atoms with Crippen LogP contribution in [-0.2, 0) is 0 Å². The van der Waals surface area contributed by atoms with Gasteiger partial charge in [0.2, 0.25) is 0 Å². The number of likely N-dealkylation sites (N-methyl/N-ethyl adjacent to an activating group) is 1. The molecule has 0 unspecified atom stereocenters. The first-order chi connectivity index (χ1) is 9.16. The molecule has 2 nitrogen and oxygen atoms in total. The number of nitrogens with one attached hydrogen (secondary N) is 1. The number of halogens is 2. The molecule has 1 N–H and O–H groups in total. The van der Waals surface area contributed by atoms with Gasteiger partial charge in [0.25, 0.3) is 0 Å². The van der Waals surface area contributed by atoms with E-state index in [1.165, 1.54) is 18.2 Å². The van der Waals surface area contributed by atoms with Gasteiger partial charge in [-0.15, -0.1) is 0 Å². The van der Waals surface area contributed by atoms with Gasteiger partial charge in [0.15, 0.2) is 0 Å². The fourth-order valence-electron chi connectivity index (χ4n) is 1.85. The van der Waals surface area contributed by atoms with Crippen molar-refractivity contribution in [1.82, 2.24) is 0 Å². The van der Waals surface area contributed by atoms with Crippen LogP contribution >= 0.6 is 0 Å². The quantitative estimate of drug-likeness (QED) is 0.887. The Kier molecular flexibility index (Phi) is 4.34. The fourth-order valence-corrected chi connectivity index (χ4v) is 1.85. The summed E-state index contributed by atoms with van der Waals surface area (Å²) >= 11 is 0. The van der Waals surface area contributed by atoms with Gasteiger partial charge in [-0.1, -0.05) is 18.2 Å². The second kappa shape index (κ2) is 6.18. The van der Waals surface area contributed by atoms with E-state index in [-0.39, 0.29) is 11.6 Å². The summed E-state index contributed by atoms with van der Waals surface area (Å²) in [7, 11) is 1.83. The van der Waals surface area contributed by atoms with Crippen molar-refractivity contribution < 1.29 is 8.78 Å². The smallest absolute Gasteiger partial charge is 0.146 e. The molecule has 0 aliphatic carbocycles. The van der Waals surface area contributed by atoms with E-state index in [0.717, 1.165) is 5.69 Å². The molecule has 0 spiro atoms. The number of nitrogens with zero attached hydrogens (tertiary/aromatic N) is 1. The molecule has 0 radical (unpaired) electrons. The molecule has 2 aromatic carbocycles. The maximum absolute atomic E-state index is 13.5. The molecule has 0 saturated heterocycles. The van der Waals surface area contributed by atoms with Crippen molar-refractivity contribution in [2.24, 2.45) is 0 Å². The SMILES string of the molecule is CN(CCNc1cccc(F)c1)c1ccccc1F. The molecule has 100 valence electrons. The van der Waals surface area contributed by atoms with Crippen LogP contribution in [0, 0.1) is 11.6 Å². The Morgan fingerprint density at radius 3 is 2.58 bits per heavy atom. The van der Waals surface area contributed by atoms with Gasteiger partial charge in [0.05, 0.1) is 5.69 Å². The molecule has 2 aromatic rings. The van der Waals surface area contributed by atoms with Crippen molar-refractivity contribution in [2.45, 2.75) is 0 Å². The summed E-state index contributed by atoms with van der Waals surface area (Å²) in [5.74, 6) is -0.511. The summed E-state index contributed by atoms with van der Waals surface area (Å²) in [6.07, 6.45) is 0. The van der Waals surface area contributed by atoms with Crippen molar-refractivity contribution in [3.05, 3.63) is 60.2 Å². The second-order valence-corrected chi connectivity index (χ2v) is 4.31. The van der Waals surface area contributed by atoms with Crippen molar-refractivity contribution in [3.8, 4) is 0 Å². The van der Waals surface area contributed by atoms with Crippen LogP contribution in [0.25, 0.3) is 0 Å². The molecule has 0 amide bonds. The molecule has 0 bridgehead atoms. The van der Waals surface area contributed by atoms with Crippen molar-refractivity contribution in [2.75, 3.05) is 30.4 Å². The van der Waals surface area contributed by atoms with Gasteiger partial charge < -0.3 is 10.2 Å². The molecule has 0 aliphatic heterocycles. The van der Waals surface area contributed by atoms with Crippen LogP contribution in [0.3, 0.4) is 0 Å². The third kappa shape index (κ3) is 3.68. The Morgan fingerprint density at radius 2 is 1.84 bits per heavy atom. The lowest BCUT2D eigenvalue weighted by Crippen LogP contribution is -2.25. The predicted octanol–water partition coefficient (Wildman–Crippen LogP) is 3.51. The minimum absolute atomic E-state index is 0.240. The van der Waals surface area contributed by atoms with Gasteiger partial charge in [0, 0.05) is 25.8 Å². The summed E-state index contributed by atoms with van der Waals surface area (Å²) < 4.78 is 26.5. The molecule has 0 aliphatic rings. The van der Waals surface area contributed by atoms with Crippen molar-refractivity contribution in [3.63, 3.8) is 0 Å². The average molecular weight is 262 g/mol. The Balaban J connectivity index is 1.88. The molecule has 0 heterocycles. The van der Waals surface area contributed by atoms with Gasteiger partial charge in [-0.3, -0.25) is 0 Å². The first-order valence-electron chi connectivity index (χ1n) is 6.12. The first-order valence-corrected chi connectivity index (χ1v) is 6.12. The minimum Gasteiger partial charge on any atom is -0.383 e. The molecule has 0 aromatic heterocycles. The van der Waals surface area contributed by atoms with E-state index in [9.17, 15) is 8.78 Å². The summed E-state index contributed by atoms with van der Waals surface area (Å²) in [4.78, 5) is 1.82. The van der Waals surface area contributed by atoms with Crippen LogP contribution in [0.1, 0.15) is 0 Å². The normalized spacial score (nSPS) is 10.3. The molecule has 0 saturated carbocycles. The zero-order valence-electron chi connectivity index (χ0n) is 10.7. The van der Waals surface area contributed by atoms with E-state index in [1.54, 1.807) is 30.3 Å². The van der Waals surface area contributed by atoms with Gasteiger partial charge in [-0.05, 0) is 30.3 Å². The topological polar surface area (TPSA) is 15.3 Å². The lowest BCUT2D eigenvalue weighted by Gasteiger charge is -2.20. The Bertz CT molecular complexity index is 543. The zero-order chi connectivity index (χ0) is 13.7. The highest BCUT2D eigenvalue weighted by molar-refractivity contribution is 5.47. The molecule has 0 atom stereocenters. The molecule has 0 fully saturated rings. The standard InChI is InChI=1S/C15H16F2N2/c1-19(15-8-3-2-7-14(15)17)10-9-18-13-6-4-5-12(16)11-13/h2-8,11,18H,9-10H2,1H3. The van der Waals surface area contributed by atoms with E-state index in [4.69, 9.17) is 0 Å². The third-order valence-electron chi connectivity index (χ3n) is 2.86. The van der Waals surface area contributed by atoms with E-state index in [0.29, 0.717) is 18.8 Å². The second-order valence-electron chi connectivity index (χ2n) is 4.31. The van der Waals surface area contributed by atoms with Crippen LogP contribution in [0.15, 0.2) is 48.5 Å². The van der Waals surface area contributed by atoms with E-state index >= 15 is 0 Å². The summed E-state index contributed by atoms with van der Waals surface area (Å²) in [6, 6.07) is 12.9. The van der Waals surface area contributed by atoms with Crippen LogP contribution in [-0.4, -0.2) is 20.1 Å². The van der Waals surface area contributed by atoms with Crippen LogP contribution in [0.2, 0.25) is 0 Å². The number of hydrogen-bond donors (Lipinski definition) is 1. The van der Waals surface area contributed by atoms with E-state index in [2.05, 4.69) is 5.32 Å². The third-order valence-corrected chi connectivity index (χ3v) is 2.86. The maximum atomic E-state index is 13.5. The Labute approximate surface area is 111 Å². The van der Waals surface area contributed by atoms with E-state index in [1.807, 2.05) is 11.9 Å². The fraction of sp³-hybridized carbons (Fsp3) is 0.200. The van der Waals surface area contributed by atoms with Gasteiger partial charge in [-0.2, -0.15) is 0 Å². The van der Waals surface area contributed by atoms with E-state index < -0.39 is 0 Å². The maximum Gasteiger partial charge on any atom is 0.146 e. The highest BCUT2D eigenvalue weighted by Crippen LogP contribution is 2.16.